The van der Waals surface area contributed by atoms with Gasteiger partial charge in [0.05, 0.1) is 26.1 Å². The van der Waals surface area contributed by atoms with Crippen molar-refractivity contribution in [3.63, 3.8) is 0 Å². The molecule has 0 atom stereocenters. The minimum Gasteiger partial charge on any atom is -0.443 e. The lowest BCUT2D eigenvalue weighted by atomic mass is 9.86. The van der Waals surface area contributed by atoms with Crippen LogP contribution in [0.25, 0.3) is 21.8 Å². The van der Waals surface area contributed by atoms with Crippen LogP contribution < -0.4 is 5.59 Å². The Bertz CT molecular complexity index is 1350. The normalized spacial score (nSPS) is 11.5. The number of benzene rings is 2. The highest BCUT2D eigenvalue weighted by Crippen LogP contribution is 2.29. The average Bonchev–Trinajstić information content (AvgIpc) is 3.30. The van der Waals surface area contributed by atoms with Gasteiger partial charge in [0.15, 0.2) is 0 Å². The van der Waals surface area contributed by atoms with Gasteiger partial charge in [-0.2, -0.15) is 0 Å². The number of rotatable bonds is 1. The number of ether oxygens (including phenoxy) is 1. The molecule has 0 radical (unpaired) electrons. The first-order valence-corrected chi connectivity index (χ1v) is 11.5. The summed E-state index contributed by atoms with van der Waals surface area (Å²) in [5.74, 6) is -1.87. The van der Waals surface area contributed by atoms with E-state index >= 15 is 0 Å². The maximum absolute atomic E-state index is 14.1. The standard InChI is InChI=1S/C13H13BBrF2NO4.C8H5BrClN/c1-13(2,3)22-12(19)18-8-5-7(16)10(15)11(17)6(8)4-9(18)14(20)21;9-6-3-5-1-2-11-8(5)7(10)4-6/h4-5,20-21H,1-3H3;1-4,11H. The Hall–Kier alpha value is -1.92. The van der Waals surface area contributed by atoms with Crippen molar-refractivity contribution in [2.24, 2.45) is 0 Å². The van der Waals surface area contributed by atoms with Crippen molar-refractivity contribution >= 4 is 84.1 Å². The number of hydrogen-bond donors (Lipinski definition) is 3. The highest BCUT2D eigenvalue weighted by Gasteiger charge is 2.29. The van der Waals surface area contributed by atoms with Crippen LogP contribution >= 0.6 is 43.5 Å². The molecule has 0 fully saturated rings. The van der Waals surface area contributed by atoms with E-state index in [9.17, 15) is 23.6 Å². The molecule has 2 heterocycles. The zero-order valence-corrected chi connectivity index (χ0v) is 21.5. The van der Waals surface area contributed by atoms with Crippen molar-refractivity contribution in [3.05, 3.63) is 62.1 Å². The fourth-order valence-corrected chi connectivity index (χ4v) is 4.28. The molecule has 2 aromatic heterocycles. The molecule has 0 unspecified atom stereocenters. The van der Waals surface area contributed by atoms with Crippen LogP contribution in [0.5, 0.6) is 0 Å². The van der Waals surface area contributed by atoms with Gasteiger partial charge in [-0.1, -0.05) is 27.5 Å². The highest BCUT2D eigenvalue weighted by atomic mass is 79.9. The number of carbonyl (C=O) groups excluding carboxylic acids is 1. The third-order valence-electron chi connectivity index (χ3n) is 4.39. The molecule has 33 heavy (non-hydrogen) atoms. The van der Waals surface area contributed by atoms with Gasteiger partial charge in [0.25, 0.3) is 0 Å². The van der Waals surface area contributed by atoms with E-state index in [0.717, 1.165) is 37.1 Å². The first-order valence-electron chi connectivity index (χ1n) is 9.50. The summed E-state index contributed by atoms with van der Waals surface area (Å²) in [7, 11) is -2.05. The fraction of sp³-hybridized carbons (Fsp3) is 0.190. The summed E-state index contributed by atoms with van der Waals surface area (Å²) in [6, 6.07) is 7.87. The van der Waals surface area contributed by atoms with E-state index in [0.29, 0.717) is 0 Å². The predicted octanol–water partition coefficient (Wildman–Crippen LogP) is 5.73. The Morgan fingerprint density at radius 3 is 2.45 bits per heavy atom. The van der Waals surface area contributed by atoms with Crippen molar-refractivity contribution in [1.29, 1.82) is 0 Å². The quantitative estimate of drug-likeness (QED) is 0.191. The van der Waals surface area contributed by atoms with E-state index in [1.165, 1.54) is 0 Å². The maximum Gasteiger partial charge on any atom is 0.506 e. The molecule has 3 N–H and O–H groups in total. The van der Waals surface area contributed by atoms with Gasteiger partial charge in [0.1, 0.15) is 17.2 Å². The molecule has 0 bridgehead atoms. The molecule has 0 amide bonds. The molecule has 0 saturated heterocycles. The Balaban J connectivity index is 0.000000231. The third kappa shape index (κ3) is 5.60. The second-order valence-corrected chi connectivity index (χ2v) is 10.1. The topological polar surface area (TPSA) is 87.5 Å². The van der Waals surface area contributed by atoms with E-state index in [1.807, 2.05) is 24.4 Å². The number of H-pyrrole nitrogens is 1. The summed E-state index contributed by atoms with van der Waals surface area (Å²) in [6.45, 7) is 4.84. The number of nitrogens with one attached hydrogen (secondary N) is 1. The lowest BCUT2D eigenvalue weighted by Gasteiger charge is -2.21. The SMILES string of the molecule is CC(C)(C)OC(=O)n1c(B(O)O)cc2c(F)c(Br)c(F)cc21.Clc1cc(Br)cc2cc[nH]c12. The second kappa shape index (κ2) is 9.75. The molecule has 4 aromatic rings. The van der Waals surface area contributed by atoms with Gasteiger partial charge >= 0.3 is 13.2 Å². The minimum atomic E-state index is -2.05. The number of halogens is 5. The Labute approximate surface area is 209 Å². The lowest BCUT2D eigenvalue weighted by molar-refractivity contribution is 0.0547. The first kappa shape index (κ1) is 25.7. The Morgan fingerprint density at radius 1 is 1.18 bits per heavy atom. The van der Waals surface area contributed by atoms with Gasteiger partial charge in [-0.05, 0) is 61.0 Å². The van der Waals surface area contributed by atoms with Crippen LogP contribution in [0, 0.1) is 11.6 Å². The number of aromatic amines is 1. The number of fused-ring (bicyclic) bond motifs is 2. The number of aromatic nitrogens is 2. The molecule has 0 aliphatic heterocycles. The zero-order chi connectivity index (χ0) is 24.7. The van der Waals surface area contributed by atoms with E-state index < -0.39 is 34.9 Å². The van der Waals surface area contributed by atoms with E-state index in [-0.39, 0.29) is 16.5 Å². The van der Waals surface area contributed by atoms with Crippen LogP contribution in [0.2, 0.25) is 5.02 Å². The molecular weight excluding hydrogens is 588 g/mol. The highest BCUT2D eigenvalue weighted by molar-refractivity contribution is 9.10. The average molecular weight is 606 g/mol. The summed E-state index contributed by atoms with van der Waals surface area (Å²) < 4.78 is 34.3. The van der Waals surface area contributed by atoms with Crippen molar-refractivity contribution in [1.82, 2.24) is 9.55 Å². The number of nitrogens with zero attached hydrogens (tertiary/aromatic N) is 1. The van der Waals surface area contributed by atoms with Crippen molar-refractivity contribution in [2.45, 2.75) is 26.4 Å². The van der Waals surface area contributed by atoms with Crippen LogP contribution in [0.4, 0.5) is 13.6 Å². The minimum absolute atomic E-state index is 0.137. The van der Waals surface area contributed by atoms with E-state index in [1.54, 1.807) is 20.8 Å². The molecule has 6 nitrogen and oxygen atoms in total. The largest absolute Gasteiger partial charge is 0.506 e. The van der Waals surface area contributed by atoms with Crippen LogP contribution in [-0.4, -0.2) is 38.4 Å². The molecule has 0 aliphatic rings. The number of carbonyl (C=O) groups is 1. The molecule has 2 aromatic carbocycles. The Kier molecular flexibility index (Phi) is 7.60. The van der Waals surface area contributed by atoms with Gasteiger partial charge in [-0.25, -0.2) is 13.6 Å². The third-order valence-corrected chi connectivity index (χ3v) is 5.87. The van der Waals surface area contributed by atoms with Crippen LogP contribution in [0.15, 0.2) is 45.5 Å². The van der Waals surface area contributed by atoms with E-state index in [2.05, 4.69) is 36.8 Å². The molecular formula is C21H18BBr2ClF2N2O4. The summed E-state index contributed by atoms with van der Waals surface area (Å²) in [6.07, 6.45) is 0.912. The van der Waals surface area contributed by atoms with Crippen molar-refractivity contribution in [2.75, 3.05) is 0 Å². The summed E-state index contributed by atoms with van der Waals surface area (Å²) in [4.78, 5) is 15.3. The van der Waals surface area contributed by atoms with Crippen LogP contribution in [-0.2, 0) is 4.74 Å². The zero-order valence-electron chi connectivity index (χ0n) is 17.6. The van der Waals surface area contributed by atoms with Crippen LogP contribution in [0.3, 0.4) is 0 Å². The van der Waals surface area contributed by atoms with Gasteiger partial charge in [-0.3, -0.25) is 4.57 Å². The summed E-state index contributed by atoms with van der Waals surface area (Å²) in [5, 5.41) is 20.5. The maximum atomic E-state index is 14.1. The monoisotopic (exact) mass is 604 g/mol. The predicted molar refractivity (Wildman–Crippen MR) is 132 cm³/mol. The van der Waals surface area contributed by atoms with Gasteiger partial charge < -0.3 is 19.8 Å². The first-order chi connectivity index (χ1) is 15.3. The molecule has 0 spiro atoms. The molecule has 174 valence electrons. The molecule has 0 aliphatic carbocycles. The smallest absolute Gasteiger partial charge is 0.443 e. The van der Waals surface area contributed by atoms with E-state index in [4.69, 9.17) is 16.3 Å². The lowest BCUT2D eigenvalue weighted by Crippen LogP contribution is -2.41. The second-order valence-electron chi connectivity index (χ2n) is 8.01. The van der Waals surface area contributed by atoms with Crippen molar-refractivity contribution in [3.8, 4) is 0 Å². The molecule has 0 saturated carbocycles. The van der Waals surface area contributed by atoms with Gasteiger partial charge in [-0.15, -0.1) is 0 Å². The summed E-state index contributed by atoms with van der Waals surface area (Å²) in [5.41, 5.74) is -0.344. The summed E-state index contributed by atoms with van der Waals surface area (Å²) >= 11 is 12.1. The molecule has 12 heteroatoms. The Morgan fingerprint density at radius 2 is 1.85 bits per heavy atom. The fourth-order valence-electron chi connectivity index (χ4n) is 3.06. The van der Waals surface area contributed by atoms with Crippen molar-refractivity contribution < 1.29 is 28.4 Å². The van der Waals surface area contributed by atoms with Crippen LogP contribution in [0.1, 0.15) is 20.8 Å². The van der Waals surface area contributed by atoms with Gasteiger partial charge in [0.2, 0.25) is 0 Å². The number of hydrogen-bond acceptors (Lipinski definition) is 4. The molecule has 4 rings (SSSR count). The van der Waals surface area contributed by atoms with Gasteiger partial charge in [0, 0.05) is 27.5 Å².